The summed E-state index contributed by atoms with van der Waals surface area (Å²) in [5.74, 6) is 0.542. The maximum Gasteiger partial charge on any atom is 0.0438 e. The standard InChI is InChI=1S/C14H20ClN/c1-10-6-7-12(9-13(10)15)14(16)8-4-3-5-11(14)2/h6-7,9,11H,3-5,8,16H2,1-2H3. The largest absolute Gasteiger partial charge is 0.321 e. The lowest BCUT2D eigenvalue weighted by atomic mass is 9.70. The van der Waals surface area contributed by atoms with E-state index in [1.165, 1.54) is 24.8 Å². The molecule has 2 atom stereocenters. The Labute approximate surface area is 103 Å². The molecular formula is C14H20ClN. The van der Waals surface area contributed by atoms with Gasteiger partial charge in [0.25, 0.3) is 0 Å². The third-order valence-corrected chi connectivity index (χ3v) is 4.47. The number of aryl methyl sites for hydroxylation is 1. The van der Waals surface area contributed by atoms with E-state index < -0.39 is 0 Å². The predicted octanol–water partition coefficient (Wildman–Crippen LogP) is 4.01. The Kier molecular flexibility index (Phi) is 3.27. The molecule has 2 N–H and O–H groups in total. The van der Waals surface area contributed by atoms with Gasteiger partial charge in [0.2, 0.25) is 0 Å². The minimum Gasteiger partial charge on any atom is -0.321 e. The van der Waals surface area contributed by atoms with Crippen LogP contribution in [-0.2, 0) is 5.54 Å². The lowest BCUT2D eigenvalue weighted by molar-refractivity contribution is 0.207. The molecule has 1 aliphatic carbocycles. The maximum atomic E-state index is 6.58. The average molecular weight is 238 g/mol. The van der Waals surface area contributed by atoms with Gasteiger partial charge in [0, 0.05) is 10.6 Å². The van der Waals surface area contributed by atoms with Crippen LogP contribution < -0.4 is 5.73 Å². The van der Waals surface area contributed by atoms with Crippen LogP contribution in [0.25, 0.3) is 0 Å². The van der Waals surface area contributed by atoms with Gasteiger partial charge in [-0.15, -0.1) is 0 Å². The highest BCUT2D eigenvalue weighted by molar-refractivity contribution is 6.31. The predicted molar refractivity (Wildman–Crippen MR) is 69.7 cm³/mol. The van der Waals surface area contributed by atoms with Gasteiger partial charge in [-0.2, -0.15) is 0 Å². The Morgan fingerprint density at radius 2 is 2.12 bits per heavy atom. The molecule has 2 heteroatoms. The van der Waals surface area contributed by atoms with Crippen molar-refractivity contribution in [2.75, 3.05) is 0 Å². The summed E-state index contributed by atoms with van der Waals surface area (Å²) in [5.41, 5.74) is 8.74. The molecule has 0 amide bonds. The van der Waals surface area contributed by atoms with Crippen molar-refractivity contribution in [3.63, 3.8) is 0 Å². The molecule has 0 aromatic heterocycles. The first kappa shape index (κ1) is 11.9. The van der Waals surface area contributed by atoms with Crippen LogP contribution in [0, 0.1) is 12.8 Å². The number of benzene rings is 1. The molecule has 1 aromatic carbocycles. The Bertz CT molecular complexity index is 388. The number of hydrogen-bond acceptors (Lipinski definition) is 1. The molecule has 1 aromatic rings. The van der Waals surface area contributed by atoms with Crippen LogP contribution in [0.3, 0.4) is 0 Å². The number of rotatable bonds is 1. The summed E-state index contributed by atoms with van der Waals surface area (Å²) in [7, 11) is 0. The van der Waals surface area contributed by atoms with Crippen LogP contribution in [0.15, 0.2) is 18.2 Å². The molecule has 0 saturated heterocycles. The van der Waals surface area contributed by atoms with Crippen molar-refractivity contribution in [3.8, 4) is 0 Å². The lowest BCUT2D eigenvalue weighted by Crippen LogP contribution is -2.45. The van der Waals surface area contributed by atoms with Gasteiger partial charge in [-0.3, -0.25) is 0 Å². The number of hydrogen-bond donors (Lipinski definition) is 1. The summed E-state index contributed by atoms with van der Waals surface area (Å²) in [4.78, 5) is 0. The fraction of sp³-hybridized carbons (Fsp3) is 0.571. The Morgan fingerprint density at radius 1 is 1.38 bits per heavy atom. The highest BCUT2D eigenvalue weighted by Crippen LogP contribution is 2.40. The molecule has 0 spiro atoms. The molecule has 88 valence electrons. The van der Waals surface area contributed by atoms with Crippen molar-refractivity contribution in [2.45, 2.75) is 45.1 Å². The zero-order chi connectivity index (χ0) is 11.8. The zero-order valence-electron chi connectivity index (χ0n) is 10.1. The highest BCUT2D eigenvalue weighted by Gasteiger charge is 2.35. The molecular weight excluding hydrogens is 218 g/mol. The van der Waals surface area contributed by atoms with Crippen molar-refractivity contribution in [1.82, 2.24) is 0 Å². The first-order valence-electron chi connectivity index (χ1n) is 6.09. The smallest absolute Gasteiger partial charge is 0.0438 e. The van der Waals surface area contributed by atoms with Gasteiger partial charge in [-0.25, -0.2) is 0 Å². The summed E-state index contributed by atoms with van der Waals surface area (Å²) >= 11 is 6.19. The molecule has 0 heterocycles. The third-order valence-electron chi connectivity index (χ3n) is 4.07. The Balaban J connectivity index is 2.37. The fourth-order valence-corrected chi connectivity index (χ4v) is 2.86. The van der Waals surface area contributed by atoms with E-state index in [0.29, 0.717) is 5.92 Å². The van der Waals surface area contributed by atoms with Crippen LogP contribution >= 0.6 is 11.6 Å². The van der Waals surface area contributed by atoms with Crippen molar-refractivity contribution in [1.29, 1.82) is 0 Å². The summed E-state index contributed by atoms with van der Waals surface area (Å²) in [6.07, 6.45) is 4.83. The first-order chi connectivity index (χ1) is 7.54. The van der Waals surface area contributed by atoms with E-state index in [9.17, 15) is 0 Å². The van der Waals surface area contributed by atoms with Crippen molar-refractivity contribution < 1.29 is 0 Å². The summed E-state index contributed by atoms with van der Waals surface area (Å²) in [6.45, 7) is 4.28. The molecule has 1 nitrogen and oxygen atoms in total. The fourth-order valence-electron chi connectivity index (χ4n) is 2.68. The van der Waals surface area contributed by atoms with Crippen LogP contribution in [0.5, 0.6) is 0 Å². The summed E-state index contributed by atoms with van der Waals surface area (Å²) < 4.78 is 0. The van der Waals surface area contributed by atoms with Crippen molar-refractivity contribution in [3.05, 3.63) is 34.3 Å². The minimum absolute atomic E-state index is 0.171. The van der Waals surface area contributed by atoms with Crippen LogP contribution in [-0.4, -0.2) is 0 Å². The summed E-state index contributed by atoms with van der Waals surface area (Å²) in [5, 5.41) is 0.833. The molecule has 1 aliphatic rings. The second-order valence-corrected chi connectivity index (χ2v) is 5.56. The van der Waals surface area contributed by atoms with E-state index in [0.717, 1.165) is 17.0 Å². The average Bonchev–Trinajstić information content (AvgIpc) is 2.26. The van der Waals surface area contributed by atoms with E-state index >= 15 is 0 Å². The van der Waals surface area contributed by atoms with E-state index in [-0.39, 0.29) is 5.54 Å². The molecule has 0 radical (unpaired) electrons. The molecule has 2 unspecified atom stereocenters. The second kappa shape index (κ2) is 4.38. The molecule has 2 rings (SSSR count). The Morgan fingerprint density at radius 3 is 2.75 bits per heavy atom. The van der Waals surface area contributed by atoms with E-state index in [1.807, 2.05) is 6.92 Å². The molecule has 1 saturated carbocycles. The number of halogens is 1. The maximum absolute atomic E-state index is 6.58. The van der Waals surface area contributed by atoms with Gasteiger partial charge >= 0.3 is 0 Å². The van der Waals surface area contributed by atoms with Gasteiger partial charge in [0.15, 0.2) is 0 Å². The monoisotopic (exact) mass is 237 g/mol. The Hall–Kier alpha value is -0.530. The zero-order valence-corrected chi connectivity index (χ0v) is 10.8. The van der Waals surface area contributed by atoms with Crippen LogP contribution in [0.1, 0.15) is 43.7 Å². The SMILES string of the molecule is Cc1ccc(C2(N)CCCCC2C)cc1Cl. The van der Waals surface area contributed by atoms with Gasteiger partial charge in [0.05, 0.1) is 0 Å². The lowest BCUT2D eigenvalue weighted by Gasteiger charge is -2.40. The number of nitrogens with two attached hydrogens (primary N) is 1. The normalized spacial score (nSPS) is 30.4. The van der Waals surface area contributed by atoms with Gasteiger partial charge in [-0.1, -0.05) is 43.5 Å². The van der Waals surface area contributed by atoms with Gasteiger partial charge in [-0.05, 0) is 42.9 Å². The van der Waals surface area contributed by atoms with Gasteiger partial charge in [0.1, 0.15) is 0 Å². The quantitative estimate of drug-likeness (QED) is 0.785. The molecule has 1 fully saturated rings. The van der Waals surface area contributed by atoms with Gasteiger partial charge < -0.3 is 5.73 Å². The minimum atomic E-state index is -0.171. The highest BCUT2D eigenvalue weighted by atomic mass is 35.5. The van der Waals surface area contributed by atoms with E-state index in [2.05, 4.69) is 25.1 Å². The summed E-state index contributed by atoms with van der Waals surface area (Å²) in [6, 6.07) is 6.27. The topological polar surface area (TPSA) is 26.0 Å². The first-order valence-corrected chi connectivity index (χ1v) is 6.47. The van der Waals surface area contributed by atoms with Crippen LogP contribution in [0.4, 0.5) is 0 Å². The van der Waals surface area contributed by atoms with Crippen LogP contribution in [0.2, 0.25) is 5.02 Å². The second-order valence-electron chi connectivity index (χ2n) is 5.15. The third kappa shape index (κ3) is 1.99. The molecule has 0 aliphatic heterocycles. The molecule has 16 heavy (non-hydrogen) atoms. The molecule has 0 bridgehead atoms. The van der Waals surface area contributed by atoms with Crippen molar-refractivity contribution in [2.24, 2.45) is 11.7 Å². The van der Waals surface area contributed by atoms with E-state index in [1.54, 1.807) is 0 Å². The van der Waals surface area contributed by atoms with Crippen molar-refractivity contribution >= 4 is 11.6 Å². The van der Waals surface area contributed by atoms with E-state index in [4.69, 9.17) is 17.3 Å².